The number of hydrogen-bond donors (Lipinski definition) is 1. The van der Waals surface area contributed by atoms with E-state index < -0.39 is 5.91 Å². The van der Waals surface area contributed by atoms with E-state index in [9.17, 15) is 10.1 Å². The highest BCUT2D eigenvalue weighted by molar-refractivity contribution is 6.31. The molecular weight excluding hydrogens is 322 g/mol. The van der Waals surface area contributed by atoms with Crippen molar-refractivity contribution >= 4 is 35.0 Å². The highest BCUT2D eigenvalue weighted by atomic mass is 35.5. The number of nitriles is 1. The van der Waals surface area contributed by atoms with Crippen LogP contribution < -0.4 is 10.2 Å². The first-order chi connectivity index (χ1) is 11.4. The Hall–Kier alpha value is -2.77. The lowest BCUT2D eigenvalue weighted by Crippen LogP contribution is -2.13. The first-order valence-electron chi connectivity index (χ1n) is 7.37. The van der Waals surface area contributed by atoms with Crippen molar-refractivity contribution in [2.75, 3.05) is 24.3 Å². The molecular formula is C19H18ClN3O. The molecule has 0 saturated carbocycles. The maximum absolute atomic E-state index is 12.3. The average Bonchev–Trinajstić information content (AvgIpc) is 2.56. The van der Waals surface area contributed by atoms with Crippen LogP contribution in [-0.2, 0) is 4.79 Å². The Morgan fingerprint density at radius 2 is 1.88 bits per heavy atom. The predicted octanol–water partition coefficient (Wildman–Crippen LogP) is 4.26. The third kappa shape index (κ3) is 4.37. The van der Waals surface area contributed by atoms with Gasteiger partial charge in [0.15, 0.2) is 0 Å². The number of amides is 1. The molecule has 0 fully saturated rings. The number of anilines is 2. The third-order valence-electron chi connectivity index (χ3n) is 3.52. The largest absolute Gasteiger partial charge is 0.378 e. The number of rotatable bonds is 4. The standard InChI is InChI=1S/C19H18ClN3O/c1-13-4-7-16(11-18(13)20)22-19(24)15(12-21)10-14-5-8-17(9-6-14)23(2)3/h4-11H,1-3H3,(H,22,24)/b15-10+. The second-order valence-corrected chi connectivity index (χ2v) is 5.98. The zero-order valence-electron chi connectivity index (χ0n) is 13.8. The summed E-state index contributed by atoms with van der Waals surface area (Å²) in [5, 5.41) is 12.5. The molecule has 0 unspecified atom stereocenters. The minimum absolute atomic E-state index is 0.0318. The van der Waals surface area contributed by atoms with E-state index in [0.29, 0.717) is 10.7 Å². The molecule has 2 aromatic rings. The Labute approximate surface area is 147 Å². The Bertz CT molecular complexity index is 817. The van der Waals surface area contributed by atoms with Crippen LogP contribution in [0.25, 0.3) is 6.08 Å². The Morgan fingerprint density at radius 3 is 2.42 bits per heavy atom. The highest BCUT2D eigenvalue weighted by Gasteiger charge is 2.10. The number of benzene rings is 2. The molecule has 0 heterocycles. The van der Waals surface area contributed by atoms with Gasteiger partial charge in [0.05, 0.1) is 0 Å². The molecule has 4 nitrogen and oxygen atoms in total. The summed E-state index contributed by atoms with van der Waals surface area (Å²) in [5.74, 6) is -0.464. The predicted molar refractivity (Wildman–Crippen MR) is 99.2 cm³/mol. The molecule has 0 radical (unpaired) electrons. The van der Waals surface area contributed by atoms with Gasteiger partial charge in [-0.2, -0.15) is 5.26 Å². The topological polar surface area (TPSA) is 56.1 Å². The zero-order chi connectivity index (χ0) is 17.7. The Morgan fingerprint density at radius 1 is 1.21 bits per heavy atom. The summed E-state index contributed by atoms with van der Waals surface area (Å²) in [5.41, 5.74) is 3.34. The van der Waals surface area contributed by atoms with Gasteiger partial charge in [-0.3, -0.25) is 4.79 Å². The molecule has 24 heavy (non-hydrogen) atoms. The Balaban J connectivity index is 2.18. The second-order valence-electron chi connectivity index (χ2n) is 5.57. The highest BCUT2D eigenvalue weighted by Crippen LogP contribution is 2.21. The molecule has 0 atom stereocenters. The van der Waals surface area contributed by atoms with Crippen LogP contribution in [-0.4, -0.2) is 20.0 Å². The minimum atomic E-state index is -0.464. The molecule has 122 valence electrons. The van der Waals surface area contributed by atoms with Crippen molar-refractivity contribution in [3.05, 3.63) is 64.2 Å². The van der Waals surface area contributed by atoms with Crippen LogP contribution in [0, 0.1) is 18.3 Å². The van der Waals surface area contributed by atoms with Gasteiger partial charge in [0, 0.05) is 30.5 Å². The molecule has 2 aromatic carbocycles. The van der Waals surface area contributed by atoms with Gasteiger partial charge in [0.25, 0.3) is 5.91 Å². The lowest BCUT2D eigenvalue weighted by molar-refractivity contribution is -0.112. The molecule has 0 aliphatic rings. The molecule has 0 saturated heterocycles. The van der Waals surface area contributed by atoms with E-state index >= 15 is 0 Å². The molecule has 0 aliphatic carbocycles. The number of nitrogens with zero attached hydrogens (tertiary/aromatic N) is 2. The number of halogens is 1. The van der Waals surface area contributed by atoms with Crippen LogP contribution in [0.3, 0.4) is 0 Å². The van der Waals surface area contributed by atoms with E-state index in [1.165, 1.54) is 0 Å². The molecule has 0 bridgehead atoms. The summed E-state index contributed by atoms with van der Waals surface area (Å²) in [6, 6.07) is 14.8. The smallest absolute Gasteiger partial charge is 0.266 e. The van der Waals surface area contributed by atoms with E-state index in [2.05, 4.69) is 5.32 Å². The number of aryl methyl sites for hydroxylation is 1. The minimum Gasteiger partial charge on any atom is -0.378 e. The third-order valence-corrected chi connectivity index (χ3v) is 3.92. The SMILES string of the molecule is Cc1ccc(NC(=O)/C(C#N)=C/c2ccc(N(C)C)cc2)cc1Cl. The molecule has 1 amide bonds. The van der Waals surface area contributed by atoms with Crippen LogP contribution in [0.2, 0.25) is 5.02 Å². The molecule has 0 aliphatic heterocycles. The normalized spacial score (nSPS) is 10.9. The van der Waals surface area contributed by atoms with Crippen molar-refractivity contribution in [2.45, 2.75) is 6.92 Å². The summed E-state index contributed by atoms with van der Waals surface area (Å²) in [6.45, 7) is 1.88. The van der Waals surface area contributed by atoms with Gasteiger partial charge in [-0.1, -0.05) is 29.8 Å². The second kappa shape index (κ2) is 7.67. The van der Waals surface area contributed by atoms with Crippen LogP contribution in [0.1, 0.15) is 11.1 Å². The summed E-state index contributed by atoms with van der Waals surface area (Å²) in [7, 11) is 3.90. The van der Waals surface area contributed by atoms with Crippen LogP contribution in [0.15, 0.2) is 48.0 Å². The molecule has 2 rings (SSSR count). The van der Waals surface area contributed by atoms with Crippen molar-refractivity contribution in [1.82, 2.24) is 0 Å². The van der Waals surface area contributed by atoms with Crippen molar-refractivity contribution < 1.29 is 4.79 Å². The lowest BCUT2D eigenvalue weighted by atomic mass is 10.1. The average molecular weight is 340 g/mol. The van der Waals surface area contributed by atoms with Crippen molar-refractivity contribution in [3.63, 3.8) is 0 Å². The van der Waals surface area contributed by atoms with E-state index in [4.69, 9.17) is 11.6 Å². The maximum Gasteiger partial charge on any atom is 0.266 e. The fourth-order valence-electron chi connectivity index (χ4n) is 2.05. The summed E-state index contributed by atoms with van der Waals surface area (Å²) in [4.78, 5) is 14.2. The number of carbonyl (C=O) groups is 1. The molecule has 5 heteroatoms. The summed E-state index contributed by atoms with van der Waals surface area (Å²) in [6.07, 6.45) is 1.56. The maximum atomic E-state index is 12.3. The van der Waals surface area contributed by atoms with Crippen LogP contribution in [0.4, 0.5) is 11.4 Å². The van der Waals surface area contributed by atoms with E-state index in [0.717, 1.165) is 16.8 Å². The van der Waals surface area contributed by atoms with Crippen LogP contribution >= 0.6 is 11.6 Å². The van der Waals surface area contributed by atoms with Gasteiger partial charge >= 0.3 is 0 Å². The van der Waals surface area contributed by atoms with Crippen LogP contribution in [0.5, 0.6) is 0 Å². The van der Waals surface area contributed by atoms with Gasteiger partial charge < -0.3 is 10.2 Å². The van der Waals surface area contributed by atoms with Crippen molar-refractivity contribution in [1.29, 1.82) is 5.26 Å². The lowest BCUT2D eigenvalue weighted by Gasteiger charge is -2.12. The van der Waals surface area contributed by atoms with Gasteiger partial charge in [-0.15, -0.1) is 0 Å². The first-order valence-corrected chi connectivity index (χ1v) is 7.75. The number of nitrogens with one attached hydrogen (secondary N) is 1. The quantitative estimate of drug-likeness (QED) is 0.669. The van der Waals surface area contributed by atoms with Gasteiger partial charge in [0.1, 0.15) is 11.6 Å². The van der Waals surface area contributed by atoms with E-state index in [-0.39, 0.29) is 5.57 Å². The van der Waals surface area contributed by atoms with Gasteiger partial charge in [-0.05, 0) is 48.4 Å². The van der Waals surface area contributed by atoms with Gasteiger partial charge in [0.2, 0.25) is 0 Å². The Kier molecular flexibility index (Phi) is 5.62. The molecule has 1 N–H and O–H groups in total. The van der Waals surface area contributed by atoms with Crippen molar-refractivity contribution in [2.24, 2.45) is 0 Å². The summed E-state index contributed by atoms with van der Waals surface area (Å²) < 4.78 is 0. The van der Waals surface area contributed by atoms with E-state index in [1.54, 1.807) is 18.2 Å². The van der Waals surface area contributed by atoms with Gasteiger partial charge in [-0.25, -0.2) is 0 Å². The summed E-state index contributed by atoms with van der Waals surface area (Å²) >= 11 is 6.05. The van der Waals surface area contributed by atoms with Crippen molar-refractivity contribution in [3.8, 4) is 6.07 Å². The van der Waals surface area contributed by atoms with E-state index in [1.807, 2.05) is 62.3 Å². The number of carbonyl (C=O) groups excluding carboxylic acids is 1. The zero-order valence-corrected chi connectivity index (χ0v) is 14.6. The molecule has 0 spiro atoms. The fraction of sp³-hybridized carbons (Fsp3) is 0.158. The fourth-order valence-corrected chi connectivity index (χ4v) is 2.23. The molecule has 0 aromatic heterocycles. The monoisotopic (exact) mass is 339 g/mol. The number of hydrogen-bond acceptors (Lipinski definition) is 3. The first kappa shape index (κ1) is 17.6.